The number of hydrogen-bond donors (Lipinski definition) is 1. The van der Waals surface area contributed by atoms with Crippen LogP contribution in [0.2, 0.25) is 0 Å². The van der Waals surface area contributed by atoms with E-state index >= 15 is 0 Å². The standard InChI is InChI=1S/C12H19NO3/c1-11(2,3)12-6-8(14)4-5-9(12)13(7-12)10(15)16/h9H,4-7H2,1-3H3,(H,15,16). The second-order valence-electron chi connectivity index (χ2n) is 6.09. The van der Waals surface area contributed by atoms with E-state index in [0.29, 0.717) is 25.8 Å². The number of carboxylic acid groups (broad SMARTS) is 1. The molecule has 2 rings (SSSR count). The third-order valence-corrected chi connectivity index (χ3v) is 4.42. The second kappa shape index (κ2) is 3.22. The molecule has 16 heavy (non-hydrogen) atoms. The molecule has 1 heterocycles. The van der Waals surface area contributed by atoms with E-state index in [1.54, 1.807) is 0 Å². The lowest BCUT2D eigenvalue weighted by molar-refractivity contribution is -0.162. The molecule has 2 atom stereocenters. The number of hydrogen-bond acceptors (Lipinski definition) is 2. The maximum absolute atomic E-state index is 11.6. The highest BCUT2D eigenvalue weighted by atomic mass is 16.4. The van der Waals surface area contributed by atoms with Gasteiger partial charge in [0, 0.05) is 30.8 Å². The third-order valence-electron chi connectivity index (χ3n) is 4.42. The van der Waals surface area contributed by atoms with Gasteiger partial charge >= 0.3 is 6.09 Å². The topological polar surface area (TPSA) is 57.6 Å². The third kappa shape index (κ3) is 1.35. The Morgan fingerprint density at radius 3 is 2.62 bits per heavy atom. The van der Waals surface area contributed by atoms with E-state index in [0.717, 1.165) is 0 Å². The average molecular weight is 225 g/mol. The van der Waals surface area contributed by atoms with E-state index in [1.165, 1.54) is 4.90 Å². The summed E-state index contributed by atoms with van der Waals surface area (Å²) in [5.74, 6) is 0.288. The largest absolute Gasteiger partial charge is 0.465 e. The highest BCUT2D eigenvalue weighted by Gasteiger charge is 2.62. The summed E-state index contributed by atoms with van der Waals surface area (Å²) < 4.78 is 0. The molecule has 2 unspecified atom stereocenters. The first-order valence-electron chi connectivity index (χ1n) is 5.79. The fraction of sp³-hybridized carbons (Fsp3) is 0.833. The zero-order valence-electron chi connectivity index (χ0n) is 10.1. The predicted octanol–water partition coefficient (Wildman–Crippen LogP) is 2.13. The molecule has 2 fully saturated rings. The summed E-state index contributed by atoms with van der Waals surface area (Å²) in [6.07, 6.45) is 0.929. The minimum Gasteiger partial charge on any atom is -0.465 e. The van der Waals surface area contributed by atoms with Gasteiger partial charge in [-0.1, -0.05) is 20.8 Å². The summed E-state index contributed by atoms with van der Waals surface area (Å²) >= 11 is 0. The number of carbonyl (C=O) groups excluding carboxylic acids is 1. The number of ketones is 1. The Kier molecular flexibility index (Phi) is 2.30. The smallest absolute Gasteiger partial charge is 0.407 e. The SMILES string of the molecule is CC(C)(C)C12CC(=O)CCC1N(C(=O)O)C2. The summed E-state index contributed by atoms with van der Waals surface area (Å²) in [7, 11) is 0. The lowest BCUT2D eigenvalue weighted by Gasteiger charge is -2.64. The molecular weight excluding hydrogens is 206 g/mol. The van der Waals surface area contributed by atoms with Gasteiger partial charge in [0.05, 0.1) is 0 Å². The Balaban J connectivity index is 2.28. The molecule has 90 valence electrons. The van der Waals surface area contributed by atoms with Gasteiger partial charge in [-0.3, -0.25) is 4.79 Å². The number of nitrogens with zero attached hydrogens (tertiary/aromatic N) is 1. The van der Waals surface area contributed by atoms with E-state index in [4.69, 9.17) is 5.11 Å². The van der Waals surface area contributed by atoms with Gasteiger partial charge in [0.2, 0.25) is 0 Å². The van der Waals surface area contributed by atoms with Crippen LogP contribution in [-0.4, -0.2) is 34.5 Å². The molecule has 0 radical (unpaired) electrons. The molecule has 2 aliphatic rings. The second-order valence-corrected chi connectivity index (χ2v) is 6.09. The molecule has 0 spiro atoms. The van der Waals surface area contributed by atoms with Crippen molar-refractivity contribution in [1.29, 1.82) is 0 Å². The molecule has 1 N–H and O–H groups in total. The zero-order valence-corrected chi connectivity index (χ0v) is 10.1. The quantitative estimate of drug-likeness (QED) is 0.687. The maximum Gasteiger partial charge on any atom is 0.407 e. The van der Waals surface area contributed by atoms with Crippen LogP contribution < -0.4 is 0 Å². The first-order valence-corrected chi connectivity index (χ1v) is 5.79. The molecule has 0 aromatic heterocycles. The van der Waals surface area contributed by atoms with Crippen LogP contribution >= 0.6 is 0 Å². The molecule has 1 aliphatic carbocycles. The van der Waals surface area contributed by atoms with Crippen LogP contribution in [0.4, 0.5) is 4.79 Å². The Bertz CT molecular complexity index is 345. The van der Waals surface area contributed by atoms with Crippen LogP contribution in [0.15, 0.2) is 0 Å². The van der Waals surface area contributed by atoms with E-state index in [1.807, 2.05) is 0 Å². The number of carbonyl (C=O) groups is 2. The van der Waals surface area contributed by atoms with Gasteiger partial charge in [0.25, 0.3) is 0 Å². The molecule has 1 aliphatic heterocycles. The van der Waals surface area contributed by atoms with Crippen molar-refractivity contribution in [3.05, 3.63) is 0 Å². The Morgan fingerprint density at radius 1 is 1.50 bits per heavy atom. The highest BCUT2D eigenvalue weighted by molar-refractivity contribution is 5.82. The van der Waals surface area contributed by atoms with Crippen LogP contribution in [0.5, 0.6) is 0 Å². The van der Waals surface area contributed by atoms with Gasteiger partial charge in [-0.25, -0.2) is 4.79 Å². The molecule has 0 aromatic carbocycles. The van der Waals surface area contributed by atoms with Crippen molar-refractivity contribution >= 4 is 11.9 Å². The van der Waals surface area contributed by atoms with Gasteiger partial charge in [-0.15, -0.1) is 0 Å². The molecule has 4 nitrogen and oxygen atoms in total. The van der Waals surface area contributed by atoms with Gasteiger partial charge in [-0.05, 0) is 11.8 Å². The molecule has 0 aromatic rings. The lowest BCUT2D eigenvalue weighted by atomic mass is 9.51. The van der Waals surface area contributed by atoms with Crippen LogP contribution in [-0.2, 0) is 4.79 Å². The van der Waals surface area contributed by atoms with Gasteiger partial charge in [0.1, 0.15) is 5.78 Å². The minimum absolute atomic E-state index is 0.0142. The first kappa shape index (κ1) is 11.4. The van der Waals surface area contributed by atoms with E-state index in [-0.39, 0.29) is 22.7 Å². The van der Waals surface area contributed by atoms with Crippen molar-refractivity contribution in [3.63, 3.8) is 0 Å². The summed E-state index contributed by atoms with van der Waals surface area (Å²) in [6.45, 7) is 6.84. The van der Waals surface area contributed by atoms with Crippen LogP contribution in [0, 0.1) is 10.8 Å². The maximum atomic E-state index is 11.6. The molecule has 4 heteroatoms. The molecular formula is C12H19NO3. The van der Waals surface area contributed by atoms with E-state index in [9.17, 15) is 9.59 Å². The monoisotopic (exact) mass is 225 g/mol. The van der Waals surface area contributed by atoms with E-state index < -0.39 is 6.09 Å². The van der Waals surface area contributed by atoms with Gasteiger partial charge < -0.3 is 10.0 Å². The fourth-order valence-corrected chi connectivity index (χ4v) is 3.25. The predicted molar refractivity (Wildman–Crippen MR) is 59.3 cm³/mol. The Hall–Kier alpha value is -1.06. The van der Waals surface area contributed by atoms with Crippen molar-refractivity contribution in [3.8, 4) is 0 Å². The number of rotatable bonds is 0. The summed E-state index contributed by atoms with van der Waals surface area (Å²) in [4.78, 5) is 24.1. The molecule has 1 amide bonds. The van der Waals surface area contributed by atoms with Crippen molar-refractivity contribution in [2.75, 3.05) is 6.54 Å². The van der Waals surface area contributed by atoms with Crippen molar-refractivity contribution in [1.82, 2.24) is 4.90 Å². The Labute approximate surface area is 95.6 Å². The fourth-order valence-electron chi connectivity index (χ4n) is 3.25. The van der Waals surface area contributed by atoms with Gasteiger partial charge in [0.15, 0.2) is 0 Å². The zero-order chi connectivity index (χ0) is 12.1. The minimum atomic E-state index is -0.848. The molecule has 1 saturated heterocycles. The number of amides is 1. The normalized spacial score (nSPS) is 34.3. The molecule has 0 bridgehead atoms. The summed E-state index contributed by atoms with van der Waals surface area (Å²) in [6, 6.07) is 0.0442. The van der Waals surface area contributed by atoms with Crippen LogP contribution in [0.3, 0.4) is 0 Å². The van der Waals surface area contributed by atoms with Crippen LogP contribution in [0.25, 0.3) is 0 Å². The molecule has 1 saturated carbocycles. The first-order chi connectivity index (χ1) is 7.28. The van der Waals surface area contributed by atoms with Gasteiger partial charge in [-0.2, -0.15) is 0 Å². The Morgan fingerprint density at radius 2 is 2.12 bits per heavy atom. The number of likely N-dealkylation sites (tertiary alicyclic amines) is 1. The van der Waals surface area contributed by atoms with E-state index in [2.05, 4.69) is 20.8 Å². The number of Topliss-reactive ketones (excluding diaryl/α,β-unsaturated/α-hetero) is 1. The van der Waals surface area contributed by atoms with Crippen molar-refractivity contribution in [2.45, 2.75) is 46.1 Å². The summed E-state index contributed by atoms with van der Waals surface area (Å²) in [5, 5.41) is 9.06. The highest BCUT2D eigenvalue weighted by Crippen LogP contribution is 2.56. The average Bonchev–Trinajstić information content (AvgIpc) is 2.06. The van der Waals surface area contributed by atoms with Crippen molar-refractivity contribution in [2.24, 2.45) is 10.8 Å². The summed E-state index contributed by atoms with van der Waals surface area (Å²) in [5.41, 5.74) is -0.138. The van der Waals surface area contributed by atoms with Crippen molar-refractivity contribution < 1.29 is 14.7 Å². The van der Waals surface area contributed by atoms with Crippen LogP contribution in [0.1, 0.15) is 40.0 Å². The number of fused-ring (bicyclic) bond motifs is 1. The lowest BCUT2D eigenvalue weighted by Crippen LogP contribution is -2.72.